The number of halogens is 4. The third-order valence-electron chi connectivity index (χ3n) is 1.24. The predicted octanol–water partition coefficient (Wildman–Crippen LogP) is 1.77. The van der Waals surface area contributed by atoms with Crippen molar-refractivity contribution in [2.24, 2.45) is 0 Å². The quantitative estimate of drug-likeness (QED) is 0.595. The minimum Gasteiger partial charge on any atom is -0.371 e. The summed E-state index contributed by atoms with van der Waals surface area (Å²) in [5, 5.41) is 11.8. The summed E-state index contributed by atoms with van der Waals surface area (Å²) in [6.45, 7) is 1.65. The largest absolute Gasteiger partial charge is 0.371 e. The van der Waals surface area contributed by atoms with Crippen molar-refractivity contribution in [3.8, 4) is 0 Å². The average molecular weight is 358 g/mol. The molecule has 0 rings (SSSR count). The zero-order valence-electron chi connectivity index (χ0n) is 6.73. The lowest BCUT2D eigenvalue weighted by Gasteiger charge is -2.21. The number of alkyl halides is 4. The second kappa shape index (κ2) is 5.75. The van der Waals surface area contributed by atoms with Crippen molar-refractivity contribution in [3.63, 3.8) is 0 Å². The number of nitrogens with one attached hydrogen (secondary N) is 1. The van der Waals surface area contributed by atoms with Gasteiger partial charge in [-0.2, -0.15) is 0 Å². The Morgan fingerprint density at radius 2 is 2.15 bits per heavy atom. The molecule has 0 aromatic carbocycles. The molecule has 3 nitrogen and oxygen atoms in total. The van der Waals surface area contributed by atoms with Gasteiger partial charge in [0, 0.05) is 5.33 Å². The molecule has 13 heavy (non-hydrogen) atoms. The van der Waals surface area contributed by atoms with Gasteiger partial charge in [-0.1, -0.05) is 31.9 Å². The molecule has 0 aliphatic carbocycles. The molecular weight excluding hydrogens is 349 g/mol. The number of carbonyl (C=O) groups is 1. The van der Waals surface area contributed by atoms with Crippen LogP contribution in [0.15, 0.2) is 0 Å². The van der Waals surface area contributed by atoms with Crippen LogP contribution in [0.1, 0.15) is 6.92 Å². The third-order valence-corrected chi connectivity index (χ3v) is 4.23. The topological polar surface area (TPSA) is 49.3 Å². The van der Waals surface area contributed by atoms with E-state index in [1.165, 1.54) is 0 Å². The van der Waals surface area contributed by atoms with Crippen LogP contribution >= 0.6 is 55.1 Å². The van der Waals surface area contributed by atoms with Gasteiger partial charge in [0.1, 0.15) is 4.32 Å². The highest BCUT2D eigenvalue weighted by molar-refractivity contribution is 9.12. The molecule has 0 aliphatic heterocycles. The second-order valence-electron chi connectivity index (χ2n) is 2.58. The maximum atomic E-state index is 11.3. The van der Waals surface area contributed by atoms with E-state index in [0.717, 1.165) is 0 Å². The van der Waals surface area contributed by atoms with Gasteiger partial charge in [0.15, 0.2) is 11.1 Å². The van der Waals surface area contributed by atoms with Crippen molar-refractivity contribution >= 4 is 61.0 Å². The van der Waals surface area contributed by atoms with E-state index in [1.807, 2.05) is 0 Å². The van der Waals surface area contributed by atoms with Crippen LogP contribution in [0.3, 0.4) is 0 Å². The van der Waals surface area contributed by atoms with Crippen molar-refractivity contribution in [1.82, 2.24) is 5.32 Å². The molecule has 0 saturated heterocycles. The SMILES string of the molecule is C[C@@](Br)(CBr)C(=O)N[C@@H](O)C(Cl)Cl. The monoisotopic (exact) mass is 355 g/mol. The number of amides is 1. The second-order valence-corrected chi connectivity index (χ2v) is 6.06. The Morgan fingerprint density at radius 3 is 2.46 bits per heavy atom. The molecule has 2 atom stereocenters. The number of hydrogen-bond donors (Lipinski definition) is 2. The summed E-state index contributed by atoms with van der Waals surface area (Å²) in [7, 11) is 0. The summed E-state index contributed by atoms with van der Waals surface area (Å²) in [5.74, 6) is -0.386. The highest BCUT2D eigenvalue weighted by Crippen LogP contribution is 2.20. The first-order valence-electron chi connectivity index (χ1n) is 3.33. The van der Waals surface area contributed by atoms with Crippen LogP contribution in [0.4, 0.5) is 0 Å². The smallest absolute Gasteiger partial charge is 0.239 e. The van der Waals surface area contributed by atoms with E-state index in [4.69, 9.17) is 28.3 Å². The molecule has 0 bridgehead atoms. The van der Waals surface area contributed by atoms with Gasteiger partial charge < -0.3 is 10.4 Å². The van der Waals surface area contributed by atoms with E-state index in [0.29, 0.717) is 5.33 Å². The van der Waals surface area contributed by atoms with Crippen LogP contribution in [0, 0.1) is 0 Å². The zero-order chi connectivity index (χ0) is 10.6. The fourth-order valence-electron chi connectivity index (χ4n) is 0.408. The van der Waals surface area contributed by atoms with E-state index in [1.54, 1.807) is 6.92 Å². The molecule has 0 saturated carbocycles. The number of hydrogen-bond acceptors (Lipinski definition) is 2. The molecule has 0 aliphatic rings. The fraction of sp³-hybridized carbons (Fsp3) is 0.833. The molecule has 78 valence electrons. The van der Waals surface area contributed by atoms with Gasteiger partial charge in [0.05, 0.1) is 0 Å². The molecular formula is C6H9Br2Cl2NO2. The Balaban J connectivity index is 4.15. The van der Waals surface area contributed by atoms with Crippen LogP contribution in [-0.2, 0) is 4.79 Å². The van der Waals surface area contributed by atoms with Crippen LogP contribution in [0.2, 0.25) is 0 Å². The van der Waals surface area contributed by atoms with E-state index in [9.17, 15) is 4.79 Å². The van der Waals surface area contributed by atoms with Crippen molar-refractivity contribution in [2.45, 2.75) is 22.3 Å². The summed E-state index contributed by atoms with van der Waals surface area (Å²) in [5.41, 5.74) is 0. The van der Waals surface area contributed by atoms with Crippen LogP contribution < -0.4 is 5.32 Å². The molecule has 0 unspecified atom stereocenters. The van der Waals surface area contributed by atoms with Gasteiger partial charge in [0.2, 0.25) is 5.91 Å². The summed E-state index contributed by atoms with van der Waals surface area (Å²) in [6, 6.07) is 0. The normalized spacial score (nSPS) is 18.1. The molecule has 0 aromatic rings. The predicted molar refractivity (Wildman–Crippen MR) is 60.8 cm³/mol. The average Bonchev–Trinajstić information content (AvgIpc) is 2.04. The minimum absolute atomic E-state index is 0.386. The third kappa shape index (κ3) is 4.83. The van der Waals surface area contributed by atoms with Gasteiger partial charge >= 0.3 is 0 Å². The molecule has 0 aromatic heterocycles. The lowest BCUT2D eigenvalue weighted by molar-refractivity contribution is -0.125. The summed E-state index contributed by atoms with van der Waals surface area (Å²) in [4.78, 5) is 10.3. The van der Waals surface area contributed by atoms with Gasteiger partial charge in [-0.15, -0.1) is 23.2 Å². The summed E-state index contributed by atoms with van der Waals surface area (Å²) >= 11 is 17.0. The molecule has 0 heterocycles. The Hall–Kier alpha value is 0.970. The zero-order valence-corrected chi connectivity index (χ0v) is 11.4. The van der Waals surface area contributed by atoms with E-state index < -0.39 is 15.4 Å². The first kappa shape index (κ1) is 14.0. The summed E-state index contributed by atoms with van der Waals surface area (Å²) in [6.07, 6.45) is -1.26. The Morgan fingerprint density at radius 1 is 1.69 bits per heavy atom. The lowest BCUT2D eigenvalue weighted by Crippen LogP contribution is -2.48. The molecule has 0 spiro atoms. The highest BCUT2D eigenvalue weighted by atomic mass is 79.9. The van der Waals surface area contributed by atoms with Crippen LogP contribution in [-0.4, -0.2) is 31.7 Å². The van der Waals surface area contributed by atoms with Gasteiger partial charge in [-0.05, 0) is 6.92 Å². The van der Waals surface area contributed by atoms with Crippen molar-refractivity contribution in [1.29, 1.82) is 0 Å². The maximum Gasteiger partial charge on any atom is 0.239 e. The number of carbonyl (C=O) groups excluding carboxylic acids is 1. The first-order chi connectivity index (χ1) is 5.81. The minimum atomic E-state index is -1.26. The number of aliphatic hydroxyl groups excluding tert-OH is 1. The lowest BCUT2D eigenvalue weighted by atomic mass is 10.2. The molecule has 0 fully saturated rings. The van der Waals surface area contributed by atoms with Gasteiger partial charge in [-0.3, -0.25) is 4.79 Å². The molecule has 1 amide bonds. The fourth-order valence-corrected chi connectivity index (χ4v) is 0.904. The molecule has 2 N–H and O–H groups in total. The first-order valence-corrected chi connectivity index (χ1v) is 6.12. The Bertz CT molecular complexity index is 189. The highest BCUT2D eigenvalue weighted by Gasteiger charge is 2.30. The van der Waals surface area contributed by atoms with Crippen molar-refractivity contribution in [3.05, 3.63) is 0 Å². The van der Waals surface area contributed by atoms with Crippen molar-refractivity contribution < 1.29 is 9.90 Å². The standard InChI is InChI=1S/C6H9Br2Cl2NO2/c1-6(8,2-7)5(13)11-4(12)3(9)10/h3-4,12H,2H2,1H3,(H,11,13)/t4-,6+/m0/s1. The molecule has 7 heteroatoms. The van der Waals surface area contributed by atoms with Crippen LogP contribution in [0.25, 0.3) is 0 Å². The maximum absolute atomic E-state index is 11.3. The van der Waals surface area contributed by atoms with Gasteiger partial charge in [0.25, 0.3) is 0 Å². The number of rotatable bonds is 4. The van der Waals surface area contributed by atoms with Gasteiger partial charge in [-0.25, -0.2) is 0 Å². The molecule has 0 radical (unpaired) electrons. The van der Waals surface area contributed by atoms with Crippen molar-refractivity contribution in [2.75, 3.05) is 5.33 Å². The number of aliphatic hydroxyl groups is 1. The van der Waals surface area contributed by atoms with E-state index in [2.05, 4.69) is 37.2 Å². The van der Waals surface area contributed by atoms with E-state index >= 15 is 0 Å². The Kier molecular flexibility index (Phi) is 6.18. The van der Waals surface area contributed by atoms with E-state index in [-0.39, 0.29) is 5.91 Å². The van der Waals surface area contributed by atoms with Crippen LogP contribution in [0.5, 0.6) is 0 Å². The summed E-state index contributed by atoms with van der Waals surface area (Å²) < 4.78 is -0.781. The Labute approximate surface area is 103 Å².